The van der Waals surface area contributed by atoms with Crippen LogP contribution in [0.5, 0.6) is 17.2 Å². The van der Waals surface area contributed by atoms with Crippen molar-refractivity contribution in [2.75, 3.05) is 13.7 Å². The van der Waals surface area contributed by atoms with Gasteiger partial charge in [-0.15, -0.1) is 0 Å². The van der Waals surface area contributed by atoms with E-state index in [0.717, 1.165) is 17.6 Å². The Morgan fingerprint density at radius 2 is 2.07 bits per heavy atom. The second-order valence-corrected chi connectivity index (χ2v) is 6.66. The smallest absolute Gasteiger partial charge is 0.307 e. The third-order valence-electron chi connectivity index (χ3n) is 4.52. The van der Waals surface area contributed by atoms with Crippen LogP contribution < -0.4 is 19.6 Å². The van der Waals surface area contributed by atoms with E-state index in [1.165, 1.54) is 6.21 Å². The average molecular weight is 410 g/mol. The Kier molecular flexibility index (Phi) is 6.95. The van der Waals surface area contributed by atoms with Crippen molar-refractivity contribution in [1.82, 2.24) is 5.43 Å². The van der Waals surface area contributed by atoms with E-state index < -0.39 is 5.91 Å². The lowest BCUT2D eigenvalue weighted by molar-refractivity contribution is 0.0929. The van der Waals surface area contributed by atoms with E-state index >= 15 is 0 Å². The highest BCUT2D eigenvalue weighted by molar-refractivity contribution is 5.97. The van der Waals surface area contributed by atoms with Crippen molar-refractivity contribution in [3.05, 3.63) is 53.8 Å². The summed E-state index contributed by atoms with van der Waals surface area (Å²) >= 11 is 0. The summed E-state index contributed by atoms with van der Waals surface area (Å²) in [6.07, 6.45) is 2.39. The minimum absolute atomic E-state index is 0.0140. The van der Waals surface area contributed by atoms with Gasteiger partial charge in [-0.05, 0) is 56.7 Å². The fourth-order valence-electron chi connectivity index (χ4n) is 2.81. The van der Waals surface area contributed by atoms with Crippen LogP contribution in [0.1, 0.15) is 43.3 Å². The molecule has 7 nitrogen and oxygen atoms in total. The molecule has 3 rings (SSSR count). The number of benzene rings is 2. The van der Waals surface area contributed by atoms with Crippen molar-refractivity contribution >= 4 is 23.1 Å². The van der Waals surface area contributed by atoms with Crippen molar-refractivity contribution in [2.45, 2.75) is 33.3 Å². The third-order valence-corrected chi connectivity index (χ3v) is 4.52. The number of amides is 1. The highest BCUT2D eigenvalue weighted by atomic mass is 16.5. The summed E-state index contributed by atoms with van der Waals surface area (Å²) in [5.41, 5.74) is 3.79. The van der Waals surface area contributed by atoms with Gasteiger partial charge in [0.1, 0.15) is 11.3 Å². The van der Waals surface area contributed by atoms with Crippen LogP contribution in [0.15, 0.2) is 52.0 Å². The second-order valence-electron chi connectivity index (χ2n) is 6.66. The molecule has 0 bridgehead atoms. The van der Waals surface area contributed by atoms with Crippen LogP contribution >= 0.6 is 0 Å². The number of ether oxygens (including phenoxy) is 3. The highest BCUT2D eigenvalue weighted by Gasteiger charge is 2.14. The van der Waals surface area contributed by atoms with Crippen LogP contribution in [0.3, 0.4) is 0 Å². The molecule has 0 radical (unpaired) electrons. The van der Waals surface area contributed by atoms with Crippen molar-refractivity contribution < 1.29 is 23.4 Å². The number of furan rings is 1. The largest absolute Gasteiger partial charge is 0.494 e. The van der Waals surface area contributed by atoms with E-state index in [-0.39, 0.29) is 11.9 Å². The Labute approximate surface area is 175 Å². The van der Waals surface area contributed by atoms with Crippen LogP contribution in [-0.4, -0.2) is 31.9 Å². The molecule has 0 spiro atoms. The van der Waals surface area contributed by atoms with Gasteiger partial charge in [-0.3, -0.25) is 4.79 Å². The standard InChI is InChI=1S/C23H26N2O5/c1-5-15(3)29-22-16(8-7-9-20(22)27-4)14-24-25-23(26)21-13-17-12-18(28-6-2)10-11-19(17)30-21/h7-15H,5-6H2,1-4H3,(H,25,26)/b24-14+/t15-/m0/s1. The summed E-state index contributed by atoms with van der Waals surface area (Å²) in [5, 5.41) is 4.84. The Bertz CT molecular complexity index is 1040. The molecule has 0 aliphatic rings. The molecule has 1 aromatic heterocycles. The number of carbonyl (C=O) groups is 1. The maximum atomic E-state index is 12.4. The van der Waals surface area contributed by atoms with Crippen molar-refractivity contribution in [1.29, 1.82) is 0 Å². The van der Waals surface area contributed by atoms with Gasteiger partial charge in [0.05, 0.1) is 26.0 Å². The van der Waals surface area contributed by atoms with Crippen LogP contribution in [0, 0.1) is 0 Å². The van der Waals surface area contributed by atoms with Gasteiger partial charge >= 0.3 is 5.91 Å². The summed E-state index contributed by atoms with van der Waals surface area (Å²) in [5.74, 6) is 1.63. The van der Waals surface area contributed by atoms with Gasteiger partial charge < -0.3 is 18.6 Å². The summed E-state index contributed by atoms with van der Waals surface area (Å²) < 4.78 is 22.4. The zero-order chi connectivity index (χ0) is 21.5. The lowest BCUT2D eigenvalue weighted by atomic mass is 10.2. The lowest BCUT2D eigenvalue weighted by Crippen LogP contribution is -2.17. The number of hydrogen-bond donors (Lipinski definition) is 1. The Morgan fingerprint density at radius 1 is 1.23 bits per heavy atom. The summed E-state index contributed by atoms with van der Waals surface area (Å²) in [4.78, 5) is 12.4. The number of methoxy groups -OCH3 is 1. The molecule has 0 unspecified atom stereocenters. The molecule has 1 N–H and O–H groups in total. The van der Waals surface area contributed by atoms with E-state index in [1.807, 2.05) is 45.0 Å². The summed E-state index contributed by atoms with van der Waals surface area (Å²) in [6, 6.07) is 12.6. The monoisotopic (exact) mass is 410 g/mol. The van der Waals surface area contributed by atoms with E-state index in [2.05, 4.69) is 10.5 Å². The average Bonchev–Trinajstić information content (AvgIpc) is 3.18. The second kappa shape index (κ2) is 9.82. The number of fused-ring (bicyclic) bond motifs is 1. The third kappa shape index (κ3) is 4.92. The highest BCUT2D eigenvalue weighted by Crippen LogP contribution is 2.31. The van der Waals surface area contributed by atoms with Gasteiger partial charge in [0.15, 0.2) is 17.3 Å². The molecular formula is C23H26N2O5. The van der Waals surface area contributed by atoms with Crippen molar-refractivity contribution in [3.63, 3.8) is 0 Å². The summed E-state index contributed by atoms with van der Waals surface area (Å²) in [7, 11) is 1.58. The molecule has 0 fully saturated rings. The molecule has 1 amide bonds. The molecule has 1 heterocycles. The van der Waals surface area contributed by atoms with Crippen LogP contribution in [0.25, 0.3) is 11.0 Å². The molecular weight excluding hydrogens is 384 g/mol. The predicted molar refractivity (Wildman–Crippen MR) is 116 cm³/mol. The fraction of sp³-hybridized carbons (Fsp3) is 0.304. The Balaban J connectivity index is 1.75. The van der Waals surface area contributed by atoms with Gasteiger partial charge in [0, 0.05) is 10.9 Å². The zero-order valence-electron chi connectivity index (χ0n) is 17.6. The number of hydrazone groups is 1. The molecule has 1 atom stereocenters. The number of nitrogens with one attached hydrogen (secondary N) is 1. The Morgan fingerprint density at radius 3 is 2.80 bits per heavy atom. The molecule has 2 aromatic carbocycles. The topological polar surface area (TPSA) is 82.3 Å². The fourth-order valence-corrected chi connectivity index (χ4v) is 2.81. The maximum Gasteiger partial charge on any atom is 0.307 e. The molecule has 0 aliphatic carbocycles. The molecule has 3 aromatic rings. The lowest BCUT2D eigenvalue weighted by Gasteiger charge is -2.17. The first-order valence-electron chi connectivity index (χ1n) is 9.89. The van der Waals surface area contributed by atoms with Crippen LogP contribution in [0.2, 0.25) is 0 Å². The number of hydrogen-bond acceptors (Lipinski definition) is 6. The quantitative estimate of drug-likeness (QED) is 0.405. The van der Waals surface area contributed by atoms with Crippen molar-refractivity contribution in [3.8, 4) is 17.2 Å². The molecule has 30 heavy (non-hydrogen) atoms. The van der Waals surface area contributed by atoms with Gasteiger partial charge in [-0.2, -0.15) is 5.10 Å². The van der Waals surface area contributed by atoms with E-state index in [0.29, 0.717) is 29.3 Å². The van der Waals surface area contributed by atoms with E-state index in [4.69, 9.17) is 18.6 Å². The van der Waals surface area contributed by atoms with Gasteiger partial charge in [0.2, 0.25) is 0 Å². The first kappa shape index (κ1) is 21.2. The molecule has 0 aliphatic heterocycles. The van der Waals surface area contributed by atoms with Gasteiger partial charge in [-0.25, -0.2) is 5.43 Å². The van der Waals surface area contributed by atoms with Gasteiger partial charge in [0.25, 0.3) is 0 Å². The number of para-hydroxylation sites is 1. The van der Waals surface area contributed by atoms with Crippen LogP contribution in [-0.2, 0) is 0 Å². The zero-order valence-corrected chi connectivity index (χ0v) is 17.6. The minimum Gasteiger partial charge on any atom is -0.494 e. The summed E-state index contributed by atoms with van der Waals surface area (Å²) in [6.45, 7) is 6.50. The van der Waals surface area contributed by atoms with Crippen molar-refractivity contribution in [2.24, 2.45) is 5.10 Å². The van der Waals surface area contributed by atoms with Crippen LogP contribution in [0.4, 0.5) is 0 Å². The number of rotatable bonds is 9. The Hall–Kier alpha value is -3.48. The first-order chi connectivity index (χ1) is 14.5. The molecule has 158 valence electrons. The number of nitrogens with zero attached hydrogens (tertiary/aromatic N) is 1. The molecule has 0 saturated carbocycles. The van der Waals surface area contributed by atoms with E-state index in [1.54, 1.807) is 25.3 Å². The predicted octanol–water partition coefficient (Wildman–Crippen LogP) is 4.78. The first-order valence-corrected chi connectivity index (χ1v) is 9.89. The van der Waals surface area contributed by atoms with E-state index in [9.17, 15) is 4.79 Å². The maximum absolute atomic E-state index is 12.4. The molecule has 0 saturated heterocycles. The minimum atomic E-state index is -0.451. The van der Waals surface area contributed by atoms with Gasteiger partial charge in [-0.1, -0.05) is 13.0 Å². The normalized spacial score (nSPS) is 12.1. The number of carbonyl (C=O) groups excluding carboxylic acids is 1. The SMILES string of the molecule is CCOc1ccc2oc(C(=O)N/N=C/c3cccc(OC)c3O[C@@H](C)CC)cc2c1. The molecule has 7 heteroatoms.